The van der Waals surface area contributed by atoms with Gasteiger partial charge in [0.2, 0.25) is 5.91 Å². The van der Waals surface area contributed by atoms with Gasteiger partial charge in [-0.3, -0.25) is 9.59 Å². The Morgan fingerprint density at radius 3 is 2.49 bits per heavy atom. The van der Waals surface area contributed by atoms with Gasteiger partial charge in [0.05, 0.1) is 11.8 Å². The number of benzene rings is 3. The number of thioether (sulfide) groups is 1. The number of hydrazone groups is 1. The zero-order valence-electron chi connectivity index (χ0n) is 20.2. The number of hydrogen-bond donors (Lipinski definition) is 1. The Kier molecular flexibility index (Phi) is 6.88. The average molecular weight is 519 g/mol. The zero-order valence-corrected chi connectivity index (χ0v) is 21.1. The number of nitrogens with one attached hydrogen (secondary N) is 1. The number of nitrogens with zero attached hydrogens (tertiary/aromatic N) is 3. The van der Waals surface area contributed by atoms with E-state index in [2.05, 4.69) is 10.3 Å². The summed E-state index contributed by atoms with van der Waals surface area (Å²) in [6.07, 6.45) is 0.441. The minimum Gasteiger partial charge on any atom is -0.326 e. The molecule has 0 bridgehead atoms. The lowest BCUT2D eigenvalue weighted by atomic mass is 9.98. The van der Waals surface area contributed by atoms with E-state index in [1.807, 2.05) is 31.2 Å². The lowest BCUT2D eigenvalue weighted by Crippen LogP contribution is -2.25. The molecular weight excluding hydrogens is 494 g/mol. The summed E-state index contributed by atoms with van der Waals surface area (Å²) in [4.78, 5) is 29.6. The normalized spacial score (nSPS) is 19.1. The first-order chi connectivity index (χ1) is 17.8. The first-order valence-corrected chi connectivity index (χ1v) is 12.7. The SMILES string of the molecule is Cc1ccc([C@@H]2CC(c3ccc(F)cc3)=NN2C2=NC(=O)[C@H](CC(=O)Nc3ccc(C)c(F)c3)S2)cc1. The van der Waals surface area contributed by atoms with Gasteiger partial charge in [-0.05, 0) is 54.8 Å². The van der Waals surface area contributed by atoms with E-state index in [0.29, 0.717) is 22.8 Å². The summed E-state index contributed by atoms with van der Waals surface area (Å²) < 4.78 is 27.3. The number of anilines is 1. The van der Waals surface area contributed by atoms with Crippen LogP contribution in [0.1, 0.15) is 41.1 Å². The highest BCUT2D eigenvalue weighted by molar-refractivity contribution is 8.15. The molecular formula is C28H24F2N4O2S. The quantitative estimate of drug-likeness (QED) is 0.466. The lowest BCUT2D eigenvalue weighted by Gasteiger charge is -2.23. The summed E-state index contributed by atoms with van der Waals surface area (Å²) in [7, 11) is 0. The predicted octanol–water partition coefficient (Wildman–Crippen LogP) is 5.76. The van der Waals surface area contributed by atoms with Crippen molar-refractivity contribution in [3.63, 3.8) is 0 Å². The third kappa shape index (κ3) is 5.46. The molecule has 37 heavy (non-hydrogen) atoms. The molecule has 2 atom stereocenters. The summed E-state index contributed by atoms with van der Waals surface area (Å²) in [5.41, 5.74) is 4.48. The van der Waals surface area contributed by atoms with E-state index in [0.717, 1.165) is 22.4 Å². The van der Waals surface area contributed by atoms with Gasteiger partial charge in [-0.25, -0.2) is 13.8 Å². The third-order valence-electron chi connectivity index (χ3n) is 6.30. The number of aliphatic imine (C=N–C) groups is 1. The minimum atomic E-state index is -0.714. The van der Waals surface area contributed by atoms with Crippen molar-refractivity contribution in [1.29, 1.82) is 0 Å². The number of aryl methyl sites for hydroxylation is 2. The van der Waals surface area contributed by atoms with Crippen LogP contribution in [0, 0.1) is 25.5 Å². The van der Waals surface area contributed by atoms with Crippen LogP contribution >= 0.6 is 11.8 Å². The molecule has 6 nitrogen and oxygen atoms in total. The Balaban J connectivity index is 1.34. The standard InChI is InChI=1S/C28H24F2N4O2S/c1-16-3-6-19(7-4-16)24-14-23(18-8-10-20(29)11-9-18)33-34(24)28-32-27(36)25(37-28)15-26(35)31-21-12-5-17(2)22(30)13-21/h3-13,24-25H,14-15H2,1-2H3,(H,31,35)/t24-,25-/m0/s1. The molecule has 2 aliphatic rings. The molecule has 3 aromatic carbocycles. The number of carbonyl (C=O) groups excluding carboxylic acids is 2. The van der Waals surface area contributed by atoms with Gasteiger partial charge in [0.15, 0.2) is 5.17 Å². The van der Waals surface area contributed by atoms with Crippen LogP contribution in [-0.2, 0) is 9.59 Å². The van der Waals surface area contributed by atoms with Gasteiger partial charge in [0, 0.05) is 18.5 Å². The monoisotopic (exact) mass is 518 g/mol. The van der Waals surface area contributed by atoms with E-state index in [9.17, 15) is 18.4 Å². The highest BCUT2D eigenvalue weighted by Gasteiger charge is 2.39. The Hall–Kier alpha value is -3.85. The smallest absolute Gasteiger partial charge is 0.262 e. The van der Waals surface area contributed by atoms with Gasteiger partial charge in [-0.15, -0.1) is 0 Å². The Morgan fingerprint density at radius 1 is 1.05 bits per heavy atom. The van der Waals surface area contributed by atoms with Gasteiger partial charge in [0.25, 0.3) is 5.91 Å². The van der Waals surface area contributed by atoms with Crippen LogP contribution in [0.25, 0.3) is 0 Å². The van der Waals surface area contributed by atoms with Crippen molar-refractivity contribution in [3.05, 3.63) is 101 Å². The van der Waals surface area contributed by atoms with Crippen LogP contribution in [0.5, 0.6) is 0 Å². The molecule has 0 saturated heterocycles. The molecule has 5 rings (SSSR count). The maximum atomic E-state index is 13.8. The molecule has 0 aromatic heterocycles. The van der Waals surface area contributed by atoms with E-state index in [4.69, 9.17) is 5.10 Å². The summed E-state index contributed by atoms with van der Waals surface area (Å²) >= 11 is 1.19. The van der Waals surface area contributed by atoms with Crippen molar-refractivity contribution in [2.45, 2.75) is 38.0 Å². The van der Waals surface area contributed by atoms with Crippen LogP contribution in [0.4, 0.5) is 14.5 Å². The maximum Gasteiger partial charge on any atom is 0.262 e. The molecule has 9 heteroatoms. The molecule has 0 radical (unpaired) electrons. The van der Waals surface area contributed by atoms with E-state index < -0.39 is 22.9 Å². The predicted molar refractivity (Wildman–Crippen MR) is 142 cm³/mol. The van der Waals surface area contributed by atoms with Crippen molar-refractivity contribution < 1.29 is 18.4 Å². The molecule has 3 aromatic rings. The first-order valence-electron chi connectivity index (χ1n) is 11.8. The second-order valence-corrected chi connectivity index (χ2v) is 10.3. The largest absolute Gasteiger partial charge is 0.326 e. The van der Waals surface area contributed by atoms with Crippen LogP contribution in [0.3, 0.4) is 0 Å². The highest BCUT2D eigenvalue weighted by atomic mass is 32.2. The van der Waals surface area contributed by atoms with Crippen LogP contribution in [0.2, 0.25) is 0 Å². The van der Waals surface area contributed by atoms with Crippen molar-refractivity contribution in [2.75, 3.05) is 5.32 Å². The zero-order chi connectivity index (χ0) is 26.1. The van der Waals surface area contributed by atoms with E-state index >= 15 is 0 Å². The summed E-state index contributed by atoms with van der Waals surface area (Å²) in [6, 6.07) is 18.4. The number of halogens is 2. The van der Waals surface area contributed by atoms with Gasteiger partial charge in [-0.1, -0.05) is 59.8 Å². The number of amides is 2. The molecule has 188 valence electrons. The van der Waals surface area contributed by atoms with Crippen molar-refractivity contribution in [1.82, 2.24) is 5.01 Å². The van der Waals surface area contributed by atoms with E-state index in [1.165, 1.54) is 30.0 Å². The average Bonchev–Trinajstić information content (AvgIpc) is 3.46. The maximum absolute atomic E-state index is 13.8. The fraction of sp³-hybridized carbons (Fsp3) is 0.214. The molecule has 0 aliphatic carbocycles. The van der Waals surface area contributed by atoms with Gasteiger partial charge in [-0.2, -0.15) is 10.1 Å². The fourth-order valence-electron chi connectivity index (χ4n) is 4.21. The van der Waals surface area contributed by atoms with Gasteiger partial charge in [0.1, 0.15) is 16.9 Å². The topological polar surface area (TPSA) is 74.1 Å². The van der Waals surface area contributed by atoms with Crippen LogP contribution in [-0.4, -0.2) is 33.0 Å². The number of hydrogen-bond acceptors (Lipinski definition) is 5. The lowest BCUT2D eigenvalue weighted by molar-refractivity contribution is -0.121. The third-order valence-corrected chi connectivity index (χ3v) is 7.44. The molecule has 2 amide bonds. The molecule has 0 fully saturated rings. The van der Waals surface area contributed by atoms with Crippen LogP contribution in [0.15, 0.2) is 76.8 Å². The minimum absolute atomic E-state index is 0.108. The highest BCUT2D eigenvalue weighted by Crippen LogP contribution is 2.38. The van der Waals surface area contributed by atoms with Crippen LogP contribution < -0.4 is 5.32 Å². The summed E-state index contributed by atoms with van der Waals surface area (Å²) in [5, 5.41) is 8.83. The first kappa shape index (κ1) is 24.8. The molecule has 0 saturated carbocycles. The second-order valence-electron chi connectivity index (χ2n) is 9.08. The molecule has 2 heterocycles. The molecule has 0 spiro atoms. The number of amidine groups is 1. The van der Waals surface area contributed by atoms with E-state index in [-0.39, 0.29) is 18.3 Å². The van der Waals surface area contributed by atoms with Gasteiger partial charge >= 0.3 is 0 Å². The van der Waals surface area contributed by atoms with E-state index in [1.54, 1.807) is 36.2 Å². The van der Waals surface area contributed by atoms with Crippen molar-refractivity contribution in [2.24, 2.45) is 10.1 Å². The molecule has 0 unspecified atom stereocenters. The number of carbonyl (C=O) groups is 2. The Labute approximate surface area is 217 Å². The van der Waals surface area contributed by atoms with Gasteiger partial charge < -0.3 is 5.32 Å². The second kappa shape index (κ2) is 10.3. The molecule has 2 aliphatic heterocycles. The summed E-state index contributed by atoms with van der Waals surface area (Å²) in [5.74, 6) is -1.57. The number of rotatable bonds is 5. The van der Waals surface area contributed by atoms with Crippen molar-refractivity contribution in [3.8, 4) is 0 Å². The summed E-state index contributed by atoms with van der Waals surface area (Å²) in [6.45, 7) is 3.65. The Morgan fingerprint density at radius 2 is 1.78 bits per heavy atom. The fourth-order valence-corrected chi connectivity index (χ4v) is 5.27. The van der Waals surface area contributed by atoms with Crippen molar-refractivity contribution >= 4 is 40.1 Å². The Bertz CT molecular complexity index is 1420. The molecule has 1 N–H and O–H groups in total.